The smallest absolute Gasteiger partial charge is 0.283 e. The molecule has 0 saturated heterocycles. The minimum Gasteiger partial charge on any atom is -0.312 e. The number of pyridine rings is 1. The van der Waals surface area contributed by atoms with Crippen molar-refractivity contribution in [1.29, 1.82) is 0 Å². The summed E-state index contributed by atoms with van der Waals surface area (Å²) in [6.07, 6.45) is 1.63. The van der Waals surface area contributed by atoms with Crippen molar-refractivity contribution in [2.75, 3.05) is 0 Å². The Bertz CT molecular complexity index is 555. The first kappa shape index (κ1) is 12.5. The first-order valence-electron chi connectivity index (χ1n) is 5.14. The van der Waals surface area contributed by atoms with Crippen LogP contribution in [0, 0.1) is 0 Å². The van der Waals surface area contributed by atoms with Crippen LogP contribution in [0.4, 0.5) is 0 Å². The van der Waals surface area contributed by atoms with Crippen molar-refractivity contribution in [2.24, 2.45) is 12.9 Å². The summed E-state index contributed by atoms with van der Waals surface area (Å²) in [6.45, 7) is 0. The Morgan fingerprint density at radius 1 is 1.56 bits per heavy atom. The monoisotopic (exact) mass is 264 g/mol. The Kier molecular flexibility index (Phi) is 3.90. The first-order chi connectivity index (χ1) is 8.70. The molecule has 0 unspecified atom stereocenters. The number of carbonyl (C=O) groups excluding carboxylic acids is 1. The number of nitrogens with zero attached hydrogens (tertiary/aromatic N) is 4. The summed E-state index contributed by atoms with van der Waals surface area (Å²) in [5.74, 6) is 5.27. The van der Waals surface area contributed by atoms with Crippen molar-refractivity contribution in [2.45, 2.75) is 10.9 Å². The van der Waals surface area contributed by atoms with Gasteiger partial charge >= 0.3 is 0 Å². The highest BCUT2D eigenvalue weighted by Crippen LogP contribution is 2.18. The molecular formula is C10H12N6OS. The topological polar surface area (TPSA) is 98.7 Å². The molecule has 94 valence electrons. The second-order valence-electron chi connectivity index (χ2n) is 3.50. The lowest BCUT2D eigenvalue weighted by Crippen LogP contribution is -2.30. The molecule has 0 aliphatic carbocycles. The summed E-state index contributed by atoms with van der Waals surface area (Å²) in [4.78, 5) is 15.5. The fourth-order valence-electron chi connectivity index (χ4n) is 1.30. The number of carbonyl (C=O) groups is 1. The SMILES string of the molecule is Cn1cnnc1SCc1cccc(C(=O)NN)n1. The van der Waals surface area contributed by atoms with Crippen LogP contribution in [0.25, 0.3) is 0 Å². The number of nitrogens with two attached hydrogens (primary N) is 1. The molecule has 0 radical (unpaired) electrons. The lowest BCUT2D eigenvalue weighted by Gasteiger charge is -2.03. The van der Waals surface area contributed by atoms with E-state index in [1.807, 2.05) is 17.7 Å². The van der Waals surface area contributed by atoms with E-state index in [2.05, 4.69) is 20.6 Å². The summed E-state index contributed by atoms with van der Waals surface area (Å²) in [7, 11) is 1.87. The zero-order valence-corrected chi connectivity index (χ0v) is 10.5. The number of aromatic nitrogens is 4. The van der Waals surface area contributed by atoms with Crippen LogP contribution >= 0.6 is 11.8 Å². The molecule has 3 N–H and O–H groups in total. The largest absolute Gasteiger partial charge is 0.312 e. The van der Waals surface area contributed by atoms with Crippen LogP contribution in [-0.4, -0.2) is 25.7 Å². The van der Waals surface area contributed by atoms with Gasteiger partial charge in [-0.05, 0) is 12.1 Å². The predicted molar refractivity (Wildman–Crippen MR) is 66.5 cm³/mol. The van der Waals surface area contributed by atoms with Crippen LogP contribution in [0.2, 0.25) is 0 Å². The number of nitrogen functional groups attached to an aromatic ring is 1. The average Bonchev–Trinajstić information content (AvgIpc) is 2.81. The van der Waals surface area contributed by atoms with Crippen molar-refractivity contribution in [1.82, 2.24) is 25.2 Å². The third kappa shape index (κ3) is 2.84. The molecule has 2 aromatic heterocycles. The van der Waals surface area contributed by atoms with Crippen LogP contribution in [0.3, 0.4) is 0 Å². The highest BCUT2D eigenvalue weighted by atomic mass is 32.2. The van der Waals surface area contributed by atoms with Gasteiger partial charge in [0.2, 0.25) is 0 Å². The van der Waals surface area contributed by atoms with Gasteiger partial charge in [-0.3, -0.25) is 10.2 Å². The summed E-state index contributed by atoms with van der Waals surface area (Å²) in [5, 5.41) is 8.53. The van der Waals surface area contributed by atoms with Gasteiger partial charge in [0.15, 0.2) is 5.16 Å². The van der Waals surface area contributed by atoms with Gasteiger partial charge < -0.3 is 4.57 Å². The number of hydrogen-bond donors (Lipinski definition) is 2. The fraction of sp³-hybridized carbons (Fsp3) is 0.200. The summed E-state index contributed by atoms with van der Waals surface area (Å²) >= 11 is 1.50. The molecule has 0 aliphatic heterocycles. The predicted octanol–water partition coefficient (Wildman–Crippen LogP) is 0.106. The van der Waals surface area contributed by atoms with Crippen LogP contribution in [0.1, 0.15) is 16.2 Å². The average molecular weight is 264 g/mol. The Morgan fingerprint density at radius 3 is 3.06 bits per heavy atom. The van der Waals surface area contributed by atoms with E-state index in [0.29, 0.717) is 11.4 Å². The minimum absolute atomic E-state index is 0.300. The number of aryl methyl sites for hydroxylation is 1. The minimum atomic E-state index is -0.402. The van der Waals surface area contributed by atoms with Gasteiger partial charge in [-0.2, -0.15) is 0 Å². The van der Waals surface area contributed by atoms with Crippen LogP contribution in [0.5, 0.6) is 0 Å². The molecule has 0 fully saturated rings. The molecule has 2 rings (SSSR count). The van der Waals surface area contributed by atoms with Crippen LogP contribution in [-0.2, 0) is 12.8 Å². The molecule has 2 heterocycles. The normalized spacial score (nSPS) is 10.3. The van der Waals surface area contributed by atoms with Gasteiger partial charge in [0, 0.05) is 12.8 Å². The Hall–Kier alpha value is -1.93. The Balaban J connectivity index is 2.06. The van der Waals surface area contributed by atoms with Crippen molar-refractivity contribution in [3.63, 3.8) is 0 Å². The van der Waals surface area contributed by atoms with Crippen LogP contribution in [0.15, 0.2) is 29.7 Å². The third-order valence-electron chi connectivity index (χ3n) is 2.19. The first-order valence-corrected chi connectivity index (χ1v) is 6.13. The molecule has 0 aromatic carbocycles. The van der Waals surface area contributed by atoms with Gasteiger partial charge in [0.05, 0.1) is 5.69 Å². The number of thioether (sulfide) groups is 1. The number of hydrogen-bond acceptors (Lipinski definition) is 6. The quantitative estimate of drug-likeness (QED) is 0.352. The van der Waals surface area contributed by atoms with E-state index in [9.17, 15) is 4.79 Å². The van der Waals surface area contributed by atoms with E-state index in [-0.39, 0.29) is 0 Å². The van der Waals surface area contributed by atoms with Crippen molar-refractivity contribution >= 4 is 17.7 Å². The summed E-state index contributed by atoms with van der Waals surface area (Å²) in [5.41, 5.74) is 3.13. The lowest BCUT2D eigenvalue weighted by atomic mass is 10.3. The van der Waals surface area contributed by atoms with Gasteiger partial charge in [0.25, 0.3) is 5.91 Å². The molecule has 8 heteroatoms. The molecule has 0 saturated carbocycles. The second kappa shape index (κ2) is 5.61. The Labute approximate surface area is 108 Å². The molecule has 18 heavy (non-hydrogen) atoms. The van der Waals surface area contributed by atoms with Gasteiger partial charge in [-0.1, -0.05) is 17.8 Å². The maximum atomic E-state index is 11.3. The highest BCUT2D eigenvalue weighted by molar-refractivity contribution is 7.98. The maximum Gasteiger partial charge on any atom is 0.283 e. The molecule has 0 atom stereocenters. The standard InChI is InChI=1S/C10H12N6OS/c1-16-6-12-15-10(16)18-5-7-3-2-4-8(13-7)9(17)14-11/h2-4,6H,5,11H2,1H3,(H,14,17). The molecule has 0 aliphatic rings. The van der Waals surface area contributed by atoms with E-state index < -0.39 is 5.91 Å². The van der Waals surface area contributed by atoms with Crippen LogP contribution < -0.4 is 11.3 Å². The number of rotatable bonds is 4. The molecule has 7 nitrogen and oxygen atoms in total. The molecule has 0 spiro atoms. The van der Waals surface area contributed by atoms with Gasteiger partial charge in [-0.15, -0.1) is 10.2 Å². The van der Waals surface area contributed by atoms with Crippen molar-refractivity contribution < 1.29 is 4.79 Å². The molecular weight excluding hydrogens is 252 g/mol. The zero-order chi connectivity index (χ0) is 13.0. The third-order valence-corrected chi connectivity index (χ3v) is 3.26. The molecule has 1 amide bonds. The van der Waals surface area contributed by atoms with E-state index in [4.69, 9.17) is 5.84 Å². The summed E-state index contributed by atoms with van der Waals surface area (Å²) in [6, 6.07) is 5.22. The number of amides is 1. The van der Waals surface area contributed by atoms with E-state index >= 15 is 0 Å². The van der Waals surface area contributed by atoms with E-state index in [0.717, 1.165) is 10.9 Å². The lowest BCUT2D eigenvalue weighted by molar-refractivity contribution is 0.0948. The second-order valence-corrected chi connectivity index (χ2v) is 4.44. The van der Waals surface area contributed by atoms with E-state index in [1.54, 1.807) is 18.5 Å². The van der Waals surface area contributed by atoms with Gasteiger partial charge in [-0.25, -0.2) is 10.8 Å². The van der Waals surface area contributed by atoms with Crippen molar-refractivity contribution in [3.8, 4) is 0 Å². The van der Waals surface area contributed by atoms with Gasteiger partial charge in [0.1, 0.15) is 12.0 Å². The van der Waals surface area contributed by atoms with Crippen molar-refractivity contribution in [3.05, 3.63) is 35.9 Å². The number of hydrazine groups is 1. The van der Waals surface area contributed by atoms with E-state index in [1.165, 1.54) is 11.8 Å². The summed E-state index contributed by atoms with van der Waals surface area (Å²) < 4.78 is 1.82. The fourth-order valence-corrected chi connectivity index (χ4v) is 2.10. The molecule has 0 bridgehead atoms. The molecule has 2 aromatic rings. The zero-order valence-electron chi connectivity index (χ0n) is 9.70. The number of nitrogens with one attached hydrogen (secondary N) is 1. The maximum absolute atomic E-state index is 11.3. The Morgan fingerprint density at radius 2 is 2.39 bits per heavy atom. The highest BCUT2D eigenvalue weighted by Gasteiger charge is 2.07.